The van der Waals surface area contributed by atoms with Crippen LogP contribution in [0.25, 0.3) is 6.08 Å². The van der Waals surface area contributed by atoms with Crippen molar-refractivity contribution < 1.29 is 14.0 Å². The maximum Gasteiger partial charge on any atom is 0.325 e. The molecule has 0 bridgehead atoms. The first kappa shape index (κ1) is 22.2. The van der Waals surface area contributed by atoms with Gasteiger partial charge in [0.05, 0.1) is 6.26 Å². The van der Waals surface area contributed by atoms with Gasteiger partial charge in [-0.05, 0) is 80.4 Å². The van der Waals surface area contributed by atoms with Crippen LogP contribution in [0.15, 0.2) is 53.2 Å². The van der Waals surface area contributed by atoms with Crippen molar-refractivity contribution in [1.29, 1.82) is 0 Å². The maximum absolute atomic E-state index is 13.8. The number of hydrogen-bond donors (Lipinski definition) is 1. The number of hydrogen-bond acceptors (Lipinski definition) is 4. The Morgan fingerprint density at radius 2 is 1.88 bits per heavy atom. The molecule has 1 N–H and O–H groups in total. The number of urea groups is 1. The van der Waals surface area contributed by atoms with Gasteiger partial charge in [0.2, 0.25) is 0 Å². The summed E-state index contributed by atoms with van der Waals surface area (Å²) < 4.78 is 5.35. The van der Waals surface area contributed by atoms with Gasteiger partial charge in [0, 0.05) is 24.5 Å². The van der Waals surface area contributed by atoms with E-state index in [4.69, 9.17) is 16.0 Å². The molecule has 1 saturated carbocycles. The number of rotatable bonds is 8. The van der Waals surface area contributed by atoms with Crippen LogP contribution in [0.1, 0.15) is 37.0 Å². The summed E-state index contributed by atoms with van der Waals surface area (Å²) >= 11 is 6.48. The van der Waals surface area contributed by atoms with Crippen molar-refractivity contribution in [2.24, 2.45) is 11.8 Å². The van der Waals surface area contributed by atoms with E-state index in [9.17, 15) is 9.59 Å². The molecule has 1 unspecified atom stereocenters. The lowest BCUT2D eigenvalue weighted by Crippen LogP contribution is -2.57. The quantitative estimate of drug-likeness (QED) is 0.576. The third-order valence-electron chi connectivity index (χ3n) is 7.24. The summed E-state index contributed by atoms with van der Waals surface area (Å²) in [6.07, 6.45) is 10.1. The monoisotopic (exact) mass is 467 g/mol. The van der Waals surface area contributed by atoms with E-state index in [0.717, 1.165) is 56.6 Å². The average Bonchev–Trinajstić information content (AvgIpc) is 3.43. The normalized spacial score (nSPS) is 24.7. The molecular formula is C26H30ClN3O3. The number of amides is 3. The van der Waals surface area contributed by atoms with Crippen LogP contribution in [0.3, 0.4) is 0 Å². The molecule has 1 aromatic heterocycles. The molecule has 7 heteroatoms. The molecule has 174 valence electrons. The highest BCUT2D eigenvalue weighted by Gasteiger charge is 2.56. The summed E-state index contributed by atoms with van der Waals surface area (Å²) in [5, 5.41) is 3.80. The van der Waals surface area contributed by atoms with Crippen LogP contribution < -0.4 is 5.32 Å². The predicted molar refractivity (Wildman–Crippen MR) is 128 cm³/mol. The first-order valence-electron chi connectivity index (χ1n) is 11.8. The minimum Gasteiger partial charge on any atom is -0.465 e. The molecule has 1 atom stereocenters. The molecule has 0 radical (unpaired) electrons. The number of nitrogens with one attached hydrogen (secondary N) is 1. The minimum absolute atomic E-state index is 0.0692. The number of likely N-dealkylation sites (tertiary alicyclic amines) is 1. The van der Waals surface area contributed by atoms with Crippen molar-refractivity contribution in [3.63, 3.8) is 0 Å². The van der Waals surface area contributed by atoms with Crippen molar-refractivity contribution in [3.05, 3.63) is 65.1 Å². The highest BCUT2D eigenvalue weighted by Crippen LogP contribution is 2.39. The molecule has 2 aliphatic heterocycles. The molecule has 0 spiro atoms. The van der Waals surface area contributed by atoms with Crippen LogP contribution >= 0.6 is 11.6 Å². The van der Waals surface area contributed by atoms with Gasteiger partial charge in [0.25, 0.3) is 5.91 Å². The number of nitrogens with zero attached hydrogens (tertiary/aromatic N) is 2. The van der Waals surface area contributed by atoms with Gasteiger partial charge >= 0.3 is 6.03 Å². The Morgan fingerprint density at radius 3 is 2.58 bits per heavy atom. The zero-order valence-electron chi connectivity index (χ0n) is 18.7. The van der Waals surface area contributed by atoms with Gasteiger partial charge in [-0.2, -0.15) is 0 Å². The summed E-state index contributed by atoms with van der Waals surface area (Å²) in [5.74, 6) is 1.30. The largest absolute Gasteiger partial charge is 0.465 e. The maximum atomic E-state index is 13.8. The first-order valence-corrected chi connectivity index (χ1v) is 12.2. The zero-order valence-corrected chi connectivity index (χ0v) is 19.5. The molecule has 5 rings (SSSR count). The summed E-state index contributed by atoms with van der Waals surface area (Å²) in [5.41, 5.74) is -0.0162. The van der Waals surface area contributed by atoms with Crippen LogP contribution in [-0.2, 0) is 11.2 Å². The van der Waals surface area contributed by atoms with Gasteiger partial charge in [-0.1, -0.05) is 35.9 Å². The fourth-order valence-corrected chi connectivity index (χ4v) is 5.37. The number of benzene rings is 1. The highest BCUT2D eigenvalue weighted by atomic mass is 35.5. The van der Waals surface area contributed by atoms with Gasteiger partial charge in [0.15, 0.2) is 0 Å². The second-order valence-electron chi connectivity index (χ2n) is 9.52. The van der Waals surface area contributed by atoms with E-state index in [2.05, 4.69) is 16.3 Å². The van der Waals surface area contributed by atoms with Crippen LogP contribution in [0, 0.1) is 11.8 Å². The second-order valence-corrected chi connectivity index (χ2v) is 9.93. The topological polar surface area (TPSA) is 65.8 Å². The number of halogens is 1. The Labute approximate surface area is 199 Å². The molecule has 1 aliphatic carbocycles. The lowest BCUT2D eigenvalue weighted by Gasteiger charge is -2.41. The third kappa shape index (κ3) is 4.73. The summed E-state index contributed by atoms with van der Waals surface area (Å²) in [6.45, 7) is 3.12. The molecular weight excluding hydrogens is 438 g/mol. The van der Waals surface area contributed by atoms with Gasteiger partial charge in [-0.3, -0.25) is 14.6 Å². The predicted octanol–water partition coefficient (Wildman–Crippen LogP) is 4.60. The molecule has 6 nitrogen and oxygen atoms in total. The lowest BCUT2D eigenvalue weighted by atomic mass is 9.74. The number of carbonyl (C=O) groups is 2. The Kier molecular flexibility index (Phi) is 6.30. The molecule has 33 heavy (non-hydrogen) atoms. The fourth-order valence-electron chi connectivity index (χ4n) is 5.16. The van der Waals surface area contributed by atoms with Gasteiger partial charge in [-0.25, -0.2) is 4.79 Å². The number of piperidine rings is 1. The smallest absolute Gasteiger partial charge is 0.325 e. The van der Waals surface area contributed by atoms with Gasteiger partial charge in [0.1, 0.15) is 11.3 Å². The number of furan rings is 1. The van der Waals surface area contributed by atoms with Crippen LogP contribution in [0.4, 0.5) is 4.79 Å². The second kappa shape index (κ2) is 9.35. The number of imide groups is 1. The van der Waals surface area contributed by atoms with E-state index in [1.54, 1.807) is 6.26 Å². The van der Waals surface area contributed by atoms with Crippen molar-refractivity contribution in [2.75, 3.05) is 26.2 Å². The third-order valence-corrected chi connectivity index (χ3v) is 7.61. The Hall–Kier alpha value is -2.57. The van der Waals surface area contributed by atoms with E-state index in [0.29, 0.717) is 23.9 Å². The van der Waals surface area contributed by atoms with Crippen LogP contribution in [-0.4, -0.2) is 53.5 Å². The van der Waals surface area contributed by atoms with Crippen molar-refractivity contribution in [3.8, 4) is 0 Å². The summed E-state index contributed by atoms with van der Waals surface area (Å²) in [7, 11) is 0. The van der Waals surface area contributed by atoms with Crippen LogP contribution in [0.2, 0.25) is 5.02 Å². The van der Waals surface area contributed by atoms with E-state index >= 15 is 0 Å². The van der Waals surface area contributed by atoms with E-state index in [1.165, 1.54) is 4.90 Å². The van der Waals surface area contributed by atoms with Crippen LogP contribution in [0.5, 0.6) is 0 Å². The standard InChI is InChI=1S/C26H30ClN3O3/c27-23-8-2-1-5-20(23)17-26(24(31)30(25(32)28-26)18-19-9-10-19)21-11-14-29(15-12-21)13-3-6-22-7-4-16-33-22/h1-8,16,19,21H,9-15,17-18H2,(H,28,32)/b6-3+. The molecule has 2 aromatic rings. The zero-order chi connectivity index (χ0) is 22.8. The Balaban J connectivity index is 1.31. The molecule has 3 fully saturated rings. The Bertz CT molecular complexity index is 1030. The summed E-state index contributed by atoms with van der Waals surface area (Å²) in [6, 6.07) is 11.2. The number of carbonyl (C=O) groups excluding carboxylic acids is 2. The SMILES string of the molecule is O=C1NC(Cc2ccccc2Cl)(C2CCN(C/C=C/c3ccco3)CC2)C(=O)N1CC1CC1. The molecule has 3 aliphatic rings. The van der Waals surface area contributed by atoms with Crippen molar-refractivity contribution in [1.82, 2.24) is 15.1 Å². The fraction of sp³-hybridized carbons (Fsp3) is 0.462. The molecule has 3 amide bonds. The van der Waals surface area contributed by atoms with Gasteiger partial charge < -0.3 is 9.73 Å². The lowest BCUT2D eigenvalue weighted by molar-refractivity contribution is -0.134. The molecule has 2 saturated heterocycles. The van der Waals surface area contributed by atoms with Crippen molar-refractivity contribution >= 4 is 29.6 Å². The van der Waals surface area contributed by atoms with Crippen molar-refractivity contribution in [2.45, 2.75) is 37.6 Å². The summed E-state index contributed by atoms with van der Waals surface area (Å²) in [4.78, 5) is 30.5. The Morgan fingerprint density at radius 1 is 1.09 bits per heavy atom. The average molecular weight is 468 g/mol. The van der Waals surface area contributed by atoms with E-state index in [1.807, 2.05) is 42.5 Å². The van der Waals surface area contributed by atoms with Gasteiger partial charge in [-0.15, -0.1) is 0 Å². The molecule has 1 aromatic carbocycles. The van der Waals surface area contributed by atoms with E-state index in [-0.39, 0.29) is 17.9 Å². The minimum atomic E-state index is -0.924. The first-order chi connectivity index (χ1) is 16.0. The highest BCUT2D eigenvalue weighted by molar-refractivity contribution is 6.31. The molecule has 3 heterocycles. The van der Waals surface area contributed by atoms with E-state index < -0.39 is 5.54 Å².